The number of aliphatic hydroxyl groups excluding tert-OH is 1. The number of aliphatic hydroxyl groups is 1. The van der Waals surface area contributed by atoms with E-state index in [0.29, 0.717) is 18.8 Å². The van der Waals surface area contributed by atoms with Crippen LogP contribution >= 0.6 is 11.8 Å². The van der Waals surface area contributed by atoms with Crippen molar-refractivity contribution in [1.82, 2.24) is 14.5 Å². The molecule has 0 radical (unpaired) electrons. The van der Waals surface area contributed by atoms with Crippen LogP contribution in [-0.2, 0) is 4.79 Å². The van der Waals surface area contributed by atoms with Crippen molar-refractivity contribution in [3.8, 4) is 5.69 Å². The number of benzene rings is 1. The Morgan fingerprint density at radius 3 is 2.61 bits per heavy atom. The van der Waals surface area contributed by atoms with Gasteiger partial charge in [0.25, 0.3) is 0 Å². The second kappa shape index (κ2) is 8.17. The van der Waals surface area contributed by atoms with Crippen molar-refractivity contribution in [2.24, 2.45) is 0 Å². The van der Waals surface area contributed by atoms with Crippen molar-refractivity contribution in [1.29, 1.82) is 0 Å². The number of aromatic nitrogens is 2. The number of rotatable bonds is 7. The average molecular weight is 333 g/mol. The molecule has 1 N–H and O–H groups in total. The summed E-state index contributed by atoms with van der Waals surface area (Å²) in [6.45, 7) is 7.01. The van der Waals surface area contributed by atoms with E-state index in [1.807, 2.05) is 17.7 Å². The number of aryl methyl sites for hydroxylation is 2. The van der Waals surface area contributed by atoms with Crippen molar-refractivity contribution < 1.29 is 9.90 Å². The van der Waals surface area contributed by atoms with Crippen LogP contribution < -0.4 is 0 Å². The number of thioether (sulfide) groups is 1. The Morgan fingerprint density at radius 1 is 1.30 bits per heavy atom. The monoisotopic (exact) mass is 333 g/mol. The molecule has 0 aliphatic rings. The lowest BCUT2D eigenvalue weighted by Crippen LogP contribution is -2.34. The van der Waals surface area contributed by atoms with Crippen LogP contribution in [0.25, 0.3) is 5.69 Å². The van der Waals surface area contributed by atoms with Gasteiger partial charge in [0.1, 0.15) is 0 Å². The Balaban J connectivity index is 2.11. The van der Waals surface area contributed by atoms with E-state index in [1.54, 1.807) is 11.1 Å². The van der Waals surface area contributed by atoms with E-state index < -0.39 is 0 Å². The summed E-state index contributed by atoms with van der Waals surface area (Å²) in [6.07, 6.45) is 3.65. The molecule has 2 aromatic rings. The zero-order chi connectivity index (χ0) is 16.8. The van der Waals surface area contributed by atoms with Gasteiger partial charge >= 0.3 is 0 Å². The first-order valence-corrected chi connectivity index (χ1v) is 8.67. The van der Waals surface area contributed by atoms with Crippen molar-refractivity contribution in [2.45, 2.75) is 25.9 Å². The summed E-state index contributed by atoms with van der Waals surface area (Å²) in [6, 6.07) is 6.33. The fourth-order valence-corrected chi connectivity index (χ4v) is 3.36. The zero-order valence-corrected chi connectivity index (χ0v) is 14.6. The Bertz CT molecular complexity index is 649. The first-order valence-electron chi connectivity index (χ1n) is 7.68. The lowest BCUT2D eigenvalue weighted by molar-refractivity contribution is -0.128. The summed E-state index contributed by atoms with van der Waals surface area (Å²) >= 11 is 1.42. The minimum atomic E-state index is -0.0125. The second-order valence-electron chi connectivity index (χ2n) is 5.41. The predicted octanol–water partition coefficient (Wildman–Crippen LogP) is 2.42. The average Bonchev–Trinajstić information content (AvgIpc) is 2.97. The molecular formula is C17H23N3O2S. The largest absolute Gasteiger partial charge is 0.395 e. The first kappa shape index (κ1) is 17.6. The molecule has 124 valence electrons. The summed E-state index contributed by atoms with van der Waals surface area (Å²) in [7, 11) is 0. The molecule has 0 aliphatic heterocycles. The number of carbonyl (C=O) groups excluding carboxylic acids is 1. The van der Waals surface area contributed by atoms with Gasteiger partial charge in [-0.05, 0) is 44.0 Å². The molecule has 1 heterocycles. The molecule has 5 nitrogen and oxygen atoms in total. The zero-order valence-electron chi connectivity index (χ0n) is 13.8. The molecule has 1 aromatic carbocycles. The normalized spacial score (nSPS) is 10.8. The minimum absolute atomic E-state index is 0.0125. The van der Waals surface area contributed by atoms with Gasteiger partial charge in [0, 0.05) is 31.2 Å². The number of likely N-dealkylation sites (N-methyl/N-ethyl adjacent to an activating group) is 1. The summed E-state index contributed by atoms with van der Waals surface area (Å²) in [5, 5.41) is 9.79. The van der Waals surface area contributed by atoms with Gasteiger partial charge in [-0.15, -0.1) is 0 Å². The quantitative estimate of drug-likeness (QED) is 0.791. The van der Waals surface area contributed by atoms with Crippen LogP contribution in [0.3, 0.4) is 0 Å². The number of carbonyl (C=O) groups is 1. The standard InChI is InChI=1S/C17H23N3O2S/c1-4-19(7-8-21)16(22)12-23-17-18-5-6-20(17)15-10-13(2)9-14(3)11-15/h5-6,9-11,21H,4,7-8,12H2,1-3H3. The van der Waals surface area contributed by atoms with Gasteiger partial charge in [0.2, 0.25) is 5.91 Å². The predicted molar refractivity (Wildman–Crippen MR) is 93.1 cm³/mol. The molecule has 0 unspecified atom stereocenters. The van der Waals surface area contributed by atoms with E-state index in [0.717, 1.165) is 10.8 Å². The molecule has 0 atom stereocenters. The molecule has 0 fully saturated rings. The molecular weight excluding hydrogens is 310 g/mol. The highest BCUT2D eigenvalue weighted by Gasteiger charge is 2.14. The van der Waals surface area contributed by atoms with Crippen molar-refractivity contribution >= 4 is 17.7 Å². The van der Waals surface area contributed by atoms with E-state index in [4.69, 9.17) is 5.11 Å². The van der Waals surface area contributed by atoms with Gasteiger partial charge in [0.15, 0.2) is 5.16 Å². The summed E-state index contributed by atoms with van der Waals surface area (Å²) in [5.41, 5.74) is 3.44. The van der Waals surface area contributed by atoms with Gasteiger partial charge in [0.05, 0.1) is 12.4 Å². The van der Waals surface area contributed by atoms with Crippen molar-refractivity contribution in [2.75, 3.05) is 25.4 Å². The SMILES string of the molecule is CCN(CCO)C(=O)CSc1nccn1-c1cc(C)cc(C)c1. The molecule has 0 bridgehead atoms. The smallest absolute Gasteiger partial charge is 0.233 e. The highest BCUT2D eigenvalue weighted by atomic mass is 32.2. The van der Waals surface area contributed by atoms with Crippen LogP contribution in [0.4, 0.5) is 0 Å². The number of nitrogens with zero attached hydrogens (tertiary/aromatic N) is 3. The van der Waals surface area contributed by atoms with Crippen molar-refractivity contribution in [3.63, 3.8) is 0 Å². The third-order valence-corrected chi connectivity index (χ3v) is 4.47. The van der Waals surface area contributed by atoms with Gasteiger partial charge in [-0.1, -0.05) is 17.8 Å². The Hall–Kier alpha value is -1.79. The molecule has 0 saturated heterocycles. The fraction of sp³-hybridized carbons (Fsp3) is 0.412. The van der Waals surface area contributed by atoms with E-state index in [-0.39, 0.29) is 12.5 Å². The van der Waals surface area contributed by atoms with E-state index in [1.165, 1.54) is 22.9 Å². The maximum absolute atomic E-state index is 12.2. The van der Waals surface area contributed by atoms with Gasteiger partial charge in [-0.2, -0.15) is 0 Å². The molecule has 0 aliphatic carbocycles. The van der Waals surface area contributed by atoms with Gasteiger partial charge < -0.3 is 10.0 Å². The Morgan fingerprint density at radius 2 is 2.00 bits per heavy atom. The number of imidazole rings is 1. The number of amides is 1. The highest BCUT2D eigenvalue weighted by Crippen LogP contribution is 2.22. The van der Waals surface area contributed by atoms with Gasteiger partial charge in [-0.25, -0.2) is 4.98 Å². The maximum Gasteiger partial charge on any atom is 0.233 e. The van der Waals surface area contributed by atoms with Crippen LogP contribution in [0.5, 0.6) is 0 Å². The molecule has 2 rings (SSSR count). The van der Waals surface area contributed by atoms with Gasteiger partial charge in [-0.3, -0.25) is 9.36 Å². The van der Waals surface area contributed by atoms with Crippen molar-refractivity contribution in [3.05, 3.63) is 41.7 Å². The van der Waals surface area contributed by atoms with E-state index in [2.05, 4.69) is 37.0 Å². The molecule has 0 saturated carbocycles. The Kier molecular flexibility index (Phi) is 6.24. The number of hydrogen-bond acceptors (Lipinski definition) is 4. The lowest BCUT2D eigenvalue weighted by atomic mass is 10.1. The Labute approximate surface area is 141 Å². The highest BCUT2D eigenvalue weighted by molar-refractivity contribution is 7.99. The lowest BCUT2D eigenvalue weighted by Gasteiger charge is -2.19. The van der Waals surface area contributed by atoms with Crippen LogP contribution in [-0.4, -0.2) is 50.9 Å². The fourth-order valence-electron chi connectivity index (χ4n) is 2.48. The molecule has 1 amide bonds. The number of hydrogen-bond donors (Lipinski definition) is 1. The second-order valence-corrected chi connectivity index (χ2v) is 6.35. The minimum Gasteiger partial charge on any atom is -0.395 e. The molecule has 23 heavy (non-hydrogen) atoms. The summed E-state index contributed by atoms with van der Waals surface area (Å²) in [4.78, 5) is 18.2. The van der Waals surface area contributed by atoms with Crippen LogP contribution in [0.1, 0.15) is 18.1 Å². The molecule has 0 spiro atoms. The maximum atomic E-state index is 12.2. The third-order valence-electron chi connectivity index (χ3n) is 3.52. The van der Waals surface area contributed by atoms with E-state index >= 15 is 0 Å². The van der Waals surface area contributed by atoms with Crippen LogP contribution in [0.2, 0.25) is 0 Å². The van der Waals surface area contributed by atoms with E-state index in [9.17, 15) is 4.79 Å². The summed E-state index contributed by atoms with van der Waals surface area (Å²) in [5.74, 6) is 0.330. The summed E-state index contributed by atoms with van der Waals surface area (Å²) < 4.78 is 2.00. The topological polar surface area (TPSA) is 58.4 Å². The molecule has 6 heteroatoms. The third kappa shape index (κ3) is 4.59. The van der Waals surface area contributed by atoms with Crippen LogP contribution in [0.15, 0.2) is 35.7 Å². The molecule has 1 aromatic heterocycles. The van der Waals surface area contributed by atoms with Crippen LogP contribution in [0, 0.1) is 13.8 Å². The first-order chi connectivity index (χ1) is 11.0.